The number of aromatic hydroxyl groups is 1. The van der Waals surface area contributed by atoms with E-state index < -0.39 is 0 Å². The van der Waals surface area contributed by atoms with Crippen molar-refractivity contribution in [1.29, 1.82) is 0 Å². The molecule has 3 aromatic carbocycles. The number of hydrogen-bond acceptors (Lipinski definition) is 4. The smallest absolute Gasteiger partial charge is 0.227 e. The molecule has 1 N–H and O–H groups in total. The zero-order chi connectivity index (χ0) is 21.6. The van der Waals surface area contributed by atoms with Crippen LogP contribution in [-0.4, -0.2) is 16.3 Å². The highest BCUT2D eigenvalue weighted by Crippen LogP contribution is 2.38. The molecule has 0 saturated heterocycles. The van der Waals surface area contributed by atoms with Crippen LogP contribution in [0.25, 0.3) is 22.6 Å². The largest absolute Gasteiger partial charge is 0.506 e. The molecule has 0 unspecified atom stereocenters. The molecule has 0 spiro atoms. The van der Waals surface area contributed by atoms with Gasteiger partial charge >= 0.3 is 0 Å². The highest BCUT2D eigenvalue weighted by Gasteiger charge is 2.16. The van der Waals surface area contributed by atoms with Crippen LogP contribution in [0.15, 0.2) is 50.3 Å². The van der Waals surface area contributed by atoms with E-state index in [2.05, 4.69) is 25.9 Å². The average molecular weight is 525 g/mol. The van der Waals surface area contributed by atoms with Crippen LogP contribution < -0.4 is 0 Å². The number of rotatable bonds is 3. The normalized spacial score (nSPS) is 11.7. The predicted molar refractivity (Wildman–Crippen MR) is 127 cm³/mol. The van der Waals surface area contributed by atoms with Crippen LogP contribution in [0.4, 0.5) is 5.69 Å². The molecule has 1 aromatic heterocycles. The second-order valence-corrected chi connectivity index (χ2v) is 8.77. The maximum absolute atomic E-state index is 10.5. The summed E-state index contributed by atoms with van der Waals surface area (Å²) in [7, 11) is 0. The molecule has 4 rings (SSSR count). The summed E-state index contributed by atoms with van der Waals surface area (Å²) in [4.78, 5) is 9.00. The van der Waals surface area contributed by atoms with Crippen molar-refractivity contribution in [2.45, 2.75) is 13.8 Å². The Morgan fingerprint density at radius 3 is 2.43 bits per heavy atom. The minimum Gasteiger partial charge on any atom is -0.506 e. The van der Waals surface area contributed by atoms with Crippen LogP contribution in [0.5, 0.6) is 5.75 Å². The van der Waals surface area contributed by atoms with E-state index in [-0.39, 0.29) is 5.75 Å². The number of phenols is 1. The van der Waals surface area contributed by atoms with Crippen molar-refractivity contribution in [3.05, 3.63) is 72.6 Å². The van der Waals surface area contributed by atoms with E-state index >= 15 is 0 Å². The average Bonchev–Trinajstić information content (AvgIpc) is 3.13. The van der Waals surface area contributed by atoms with Gasteiger partial charge in [0, 0.05) is 32.4 Å². The second kappa shape index (κ2) is 8.23. The van der Waals surface area contributed by atoms with E-state index in [4.69, 9.17) is 39.2 Å². The summed E-state index contributed by atoms with van der Waals surface area (Å²) in [5.41, 5.74) is 4.67. The molecule has 0 amide bonds. The number of oxazole rings is 1. The zero-order valence-corrected chi connectivity index (χ0v) is 19.7. The number of aliphatic imine (C=N–C) groups is 1. The van der Waals surface area contributed by atoms with Gasteiger partial charge < -0.3 is 9.52 Å². The molecule has 4 aromatic rings. The van der Waals surface area contributed by atoms with Gasteiger partial charge in [0.1, 0.15) is 11.3 Å². The number of halogens is 4. The first-order valence-electron chi connectivity index (χ1n) is 8.83. The number of aromatic nitrogens is 1. The van der Waals surface area contributed by atoms with Crippen molar-refractivity contribution in [3.63, 3.8) is 0 Å². The van der Waals surface area contributed by atoms with Crippen molar-refractivity contribution in [1.82, 2.24) is 4.98 Å². The molecular formula is C22H14BrCl3N2O2. The van der Waals surface area contributed by atoms with E-state index in [9.17, 15) is 5.11 Å². The lowest BCUT2D eigenvalue weighted by atomic mass is 10.0. The van der Waals surface area contributed by atoms with Crippen LogP contribution in [0.3, 0.4) is 0 Å². The van der Waals surface area contributed by atoms with Gasteiger partial charge in [-0.25, -0.2) is 4.98 Å². The van der Waals surface area contributed by atoms with Gasteiger partial charge in [-0.15, -0.1) is 0 Å². The molecule has 8 heteroatoms. The maximum Gasteiger partial charge on any atom is 0.227 e. The van der Waals surface area contributed by atoms with Gasteiger partial charge in [-0.05, 0) is 77.3 Å². The molecule has 0 radical (unpaired) electrons. The summed E-state index contributed by atoms with van der Waals surface area (Å²) >= 11 is 21.9. The minimum absolute atomic E-state index is 0.0979. The summed E-state index contributed by atoms with van der Waals surface area (Å²) < 4.78 is 6.37. The third-order valence-corrected chi connectivity index (χ3v) is 6.65. The summed E-state index contributed by atoms with van der Waals surface area (Å²) in [6.07, 6.45) is 1.58. The summed E-state index contributed by atoms with van der Waals surface area (Å²) in [5.74, 6) is 0.513. The quantitative estimate of drug-likeness (QED) is 0.274. The van der Waals surface area contributed by atoms with Crippen LogP contribution >= 0.6 is 50.7 Å². The molecular weight excluding hydrogens is 511 g/mol. The first kappa shape index (κ1) is 21.2. The lowest BCUT2D eigenvalue weighted by Gasteiger charge is -2.11. The van der Waals surface area contributed by atoms with E-state index in [1.807, 2.05) is 13.8 Å². The monoisotopic (exact) mass is 522 g/mol. The molecule has 0 aliphatic heterocycles. The Morgan fingerprint density at radius 1 is 1.03 bits per heavy atom. The van der Waals surface area contributed by atoms with Gasteiger partial charge in [0.15, 0.2) is 5.58 Å². The third-order valence-electron chi connectivity index (χ3n) is 4.68. The Labute approximate surface area is 196 Å². The highest BCUT2D eigenvalue weighted by molar-refractivity contribution is 9.10. The van der Waals surface area contributed by atoms with Gasteiger partial charge in [-0.3, -0.25) is 4.99 Å². The van der Waals surface area contributed by atoms with Crippen LogP contribution in [0, 0.1) is 13.8 Å². The molecule has 0 fully saturated rings. The number of hydrogen-bond donors (Lipinski definition) is 1. The molecule has 30 heavy (non-hydrogen) atoms. The van der Waals surface area contributed by atoms with Crippen molar-refractivity contribution >= 4 is 73.7 Å². The molecule has 152 valence electrons. The fraction of sp³-hybridized carbons (Fsp3) is 0.0909. The van der Waals surface area contributed by atoms with Gasteiger partial charge in [0.2, 0.25) is 5.89 Å². The number of phenolic OH excluding ortho intramolecular Hbond substituents is 1. The molecule has 0 aliphatic rings. The first-order valence-corrected chi connectivity index (χ1v) is 10.8. The lowest BCUT2D eigenvalue weighted by Crippen LogP contribution is -1.94. The molecule has 0 atom stereocenters. The SMILES string of the molecule is Cc1c(Cl)c(C)c(C=Nc2ccc3oc(-c4cc(Cl)cc(Cl)c4)nc3c2)c(O)c1Br. The standard InChI is InChI=1S/C22H14BrCl3N2O2/c1-10-16(21(29)19(23)11(2)20(10)26)9-27-15-3-4-18-17(8-15)28-22(30-18)12-5-13(24)7-14(25)6-12/h3-9,29H,1-2H3. The van der Waals surface area contributed by atoms with E-state index in [0.717, 1.165) is 11.1 Å². The fourth-order valence-electron chi connectivity index (χ4n) is 3.06. The van der Waals surface area contributed by atoms with Crippen molar-refractivity contribution in [2.75, 3.05) is 0 Å². The maximum atomic E-state index is 10.5. The Hall–Kier alpha value is -2.05. The van der Waals surface area contributed by atoms with Gasteiger partial charge in [-0.1, -0.05) is 34.8 Å². The molecule has 4 nitrogen and oxygen atoms in total. The zero-order valence-electron chi connectivity index (χ0n) is 15.8. The van der Waals surface area contributed by atoms with Crippen LogP contribution in [0.2, 0.25) is 15.1 Å². The van der Waals surface area contributed by atoms with Crippen LogP contribution in [-0.2, 0) is 0 Å². The van der Waals surface area contributed by atoms with Crippen LogP contribution in [0.1, 0.15) is 16.7 Å². The Kier molecular flexibility index (Phi) is 5.82. The van der Waals surface area contributed by atoms with Gasteiger partial charge in [-0.2, -0.15) is 0 Å². The predicted octanol–water partition coefficient (Wildman–Crippen LogP) is 8.29. The second-order valence-electron chi connectivity index (χ2n) is 6.73. The Balaban J connectivity index is 1.72. The summed E-state index contributed by atoms with van der Waals surface area (Å²) in [6, 6.07) is 10.5. The Bertz CT molecular complexity index is 1280. The van der Waals surface area contributed by atoms with E-state index in [1.165, 1.54) is 0 Å². The fourth-order valence-corrected chi connectivity index (χ4v) is 4.31. The van der Waals surface area contributed by atoms with E-state index in [0.29, 0.717) is 53.3 Å². The number of nitrogens with zero attached hydrogens (tertiary/aromatic N) is 2. The topological polar surface area (TPSA) is 58.6 Å². The lowest BCUT2D eigenvalue weighted by molar-refractivity contribution is 0.470. The van der Waals surface area contributed by atoms with E-state index in [1.54, 1.807) is 42.6 Å². The summed E-state index contributed by atoms with van der Waals surface area (Å²) in [5, 5.41) is 12.0. The number of benzene rings is 3. The minimum atomic E-state index is 0.0979. The highest BCUT2D eigenvalue weighted by atomic mass is 79.9. The molecule has 1 heterocycles. The summed E-state index contributed by atoms with van der Waals surface area (Å²) in [6.45, 7) is 3.68. The number of fused-ring (bicyclic) bond motifs is 1. The van der Waals surface area contributed by atoms with Crippen molar-refractivity contribution in [2.24, 2.45) is 4.99 Å². The molecule has 0 bridgehead atoms. The van der Waals surface area contributed by atoms with Gasteiger partial charge in [0.05, 0.1) is 10.2 Å². The third kappa shape index (κ3) is 3.95. The molecule has 0 saturated carbocycles. The van der Waals surface area contributed by atoms with Crippen molar-refractivity contribution < 1.29 is 9.52 Å². The molecule has 0 aliphatic carbocycles. The first-order chi connectivity index (χ1) is 14.2. The van der Waals surface area contributed by atoms with Gasteiger partial charge in [0.25, 0.3) is 0 Å². The van der Waals surface area contributed by atoms with Crippen molar-refractivity contribution in [3.8, 4) is 17.2 Å². The Morgan fingerprint density at radius 2 is 1.73 bits per heavy atom.